The van der Waals surface area contributed by atoms with Crippen LogP contribution in [0.2, 0.25) is 0 Å². The van der Waals surface area contributed by atoms with Gasteiger partial charge >= 0.3 is 0 Å². The van der Waals surface area contributed by atoms with Crippen LogP contribution in [-0.4, -0.2) is 22.1 Å². The Hall–Kier alpha value is -2.12. The molecule has 0 bridgehead atoms. The first-order valence-corrected chi connectivity index (χ1v) is 9.86. The maximum Gasteiger partial charge on any atom is 0.251 e. The van der Waals surface area contributed by atoms with Crippen LogP contribution in [0.15, 0.2) is 45.7 Å². The van der Waals surface area contributed by atoms with Gasteiger partial charge in [0.05, 0.1) is 12.8 Å². The minimum atomic E-state index is -0.0989. The average Bonchev–Trinajstić information content (AvgIpc) is 3.09. The second-order valence-corrected chi connectivity index (χ2v) is 7.28. The number of hydrogen-bond donors (Lipinski definition) is 1. The van der Waals surface area contributed by atoms with Crippen LogP contribution in [-0.2, 0) is 12.2 Å². The maximum absolute atomic E-state index is 11.7. The van der Waals surface area contributed by atoms with Gasteiger partial charge in [-0.3, -0.25) is 4.79 Å². The zero-order valence-electron chi connectivity index (χ0n) is 14.1. The van der Waals surface area contributed by atoms with Crippen molar-refractivity contribution in [3.8, 4) is 16.3 Å². The van der Waals surface area contributed by atoms with E-state index in [1.165, 1.54) is 11.8 Å². The predicted molar refractivity (Wildman–Crippen MR) is 103 cm³/mol. The smallest absolute Gasteiger partial charge is 0.251 e. The Morgan fingerprint density at radius 3 is 2.72 bits per heavy atom. The summed E-state index contributed by atoms with van der Waals surface area (Å²) in [6.45, 7) is 2.08. The van der Waals surface area contributed by atoms with Crippen LogP contribution in [0.1, 0.15) is 24.7 Å². The van der Waals surface area contributed by atoms with Crippen LogP contribution in [0.5, 0.6) is 5.75 Å². The molecule has 3 rings (SSSR count). The fourth-order valence-corrected chi connectivity index (χ4v) is 4.04. The number of H-pyrrole nitrogens is 1. The van der Waals surface area contributed by atoms with E-state index in [-0.39, 0.29) is 5.56 Å². The molecule has 3 aromatic rings. The van der Waals surface area contributed by atoms with E-state index >= 15 is 0 Å². The van der Waals surface area contributed by atoms with Gasteiger partial charge in [0.15, 0.2) is 5.16 Å². The van der Waals surface area contributed by atoms with Gasteiger partial charge in [-0.15, -0.1) is 11.3 Å². The molecule has 130 valence electrons. The van der Waals surface area contributed by atoms with Crippen molar-refractivity contribution in [3.63, 3.8) is 0 Å². The Balaban J connectivity index is 1.68. The van der Waals surface area contributed by atoms with E-state index in [2.05, 4.69) is 21.9 Å². The number of aromatic amines is 1. The predicted octanol–water partition coefficient (Wildman–Crippen LogP) is 4.15. The van der Waals surface area contributed by atoms with Gasteiger partial charge in [0.2, 0.25) is 0 Å². The van der Waals surface area contributed by atoms with Crippen molar-refractivity contribution in [2.45, 2.75) is 30.7 Å². The SMILES string of the molecule is CCCc1cc(=O)[nH]c(SCc2csc(-c3ccc(OC)cc3)n2)n1. The van der Waals surface area contributed by atoms with Gasteiger partial charge in [0.1, 0.15) is 10.8 Å². The number of nitrogens with one attached hydrogen (secondary N) is 1. The molecule has 1 aromatic carbocycles. The highest BCUT2D eigenvalue weighted by atomic mass is 32.2. The number of methoxy groups -OCH3 is 1. The van der Waals surface area contributed by atoms with Crippen LogP contribution >= 0.6 is 23.1 Å². The molecule has 25 heavy (non-hydrogen) atoms. The quantitative estimate of drug-likeness (QED) is 0.498. The van der Waals surface area contributed by atoms with Gasteiger partial charge in [-0.25, -0.2) is 9.97 Å². The Labute approximate surface area is 154 Å². The van der Waals surface area contributed by atoms with Crippen LogP contribution in [0.25, 0.3) is 10.6 Å². The Morgan fingerprint density at radius 2 is 2.00 bits per heavy atom. The number of aryl methyl sites for hydroxylation is 1. The lowest BCUT2D eigenvalue weighted by Crippen LogP contribution is -2.09. The van der Waals surface area contributed by atoms with Crippen molar-refractivity contribution in [1.82, 2.24) is 15.0 Å². The molecule has 0 saturated heterocycles. The molecule has 5 nitrogen and oxygen atoms in total. The number of thiazole rings is 1. The van der Waals surface area contributed by atoms with E-state index in [1.807, 2.05) is 29.6 Å². The third-order valence-electron chi connectivity index (χ3n) is 3.52. The molecular weight excluding hydrogens is 354 g/mol. The van der Waals surface area contributed by atoms with E-state index < -0.39 is 0 Å². The number of hydrogen-bond acceptors (Lipinski definition) is 6. The van der Waals surface area contributed by atoms with Crippen molar-refractivity contribution in [3.05, 3.63) is 57.5 Å². The van der Waals surface area contributed by atoms with Crippen molar-refractivity contribution in [1.29, 1.82) is 0 Å². The molecule has 1 N–H and O–H groups in total. The summed E-state index contributed by atoms with van der Waals surface area (Å²) in [7, 11) is 1.65. The molecular formula is C18H19N3O2S2. The first kappa shape index (κ1) is 17.7. The minimum absolute atomic E-state index is 0.0989. The molecule has 2 aromatic heterocycles. The van der Waals surface area contributed by atoms with Crippen LogP contribution in [0, 0.1) is 0 Å². The monoisotopic (exact) mass is 373 g/mol. The molecule has 0 radical (unpaired) electrons. The van der Waals surface area contributed by atoms with Gasteiger partial charge in [0, 0.05) is 28.5 Å². The van der Waals surface area contributed by atoms with Gasteiger partial charge < -0.3 is 9.72 Å². The van der Waals surface area contributed by atoms with Crippen LogP contribution < -0.4 is 10.3 Å². The molecule has 7 heteroatoms. The lowest BCUT2D eigenvalue weighted by atomic mass is 10.2. The lowest BCUT2D eigenvalue weighted by Gasteiger charge is -2.02. The second-order valence-electron chi connectivity index (χ2n) is 5.45. The van der Waals surface area contributed by atoms with E-state index in [0.29, 0.717) is 10.9 Å². The number of rotatable bonds is 7. The first-order chi connectivity index (χ1) is 12.2. The van der Waals surface area contributed by atoms with Gasteiger partial charge in [-0.05, 0) is 30.7 Å². The van der Waals surface area contributed by atoms with Gasteiger partial charge in [-0.2, -0.15) is 0 Å². The Morgan fingerprint density at radius 1 is 1.20 bits per heavy atom. The second kappa shape index (κ2) is 8.31. The molecule has 0 unspecified atom stereocenters. The van der Waals surface area contributed by atoms with E-state index in [0.717, 1.165) is 40.6 Å². The minimum Gasteiger partial charge on any atom is -0.497 e. The molecule has 0 atom stereocenters. The fourth-order valence-electron chi connectivity index (χ4n) is 2.32. The summed E-state index contributed by atoms with van der Waals surface area (Å²) in [4.78, 5) is 23.7. The zero-order chi connectivity index (χ0) is 17.6. The van der Waals surface area contributed by atoms with Crippen molar-refractivity contribution in [2.75, 3.05) is 7.11 Å². The number of thioether (sulfide) groups is 1. The third-order valence-corrected chi connectivity index (χ3v) is 5.37. The van der Waals surface area contributed by atoms with Gasteiger partial charge in [-0.1, -0.05) is 25.1 Å². The molecule has 0 fully saturated rings. The lowest BCUT2D eigenvalue weighted by molar-refractivity contribution is 0.415. The van der Waals surface area contributed by atoms with E-state index in [1.54, 1.807) is 24.5 Å². The topological polar surface area (TPSA) is 67.9 Å². The normalized spacial score (nSPS) is 10.8. The molecule has 0 aliphatic heterocycles. The summed E-state index contributed by atoms with van der Waals surface area (Å²) in [5.74, 6) is 1.50. The maximum atomic E-state index is 11.7. The zero-order valence-corrected chi connectivity index (χ0v) is 15.7. The van der Waals surface area contributed by atoms with Crippen molar-refractivity contribution < 1.29 is 4.74 Å². The van der Waals surface area contributed by atoms with Crippen LogP contribution in [0.3, 0.4) is 0 Å². The summed E-state index contributed by atoms with van der Waals surface area (Å²) in [6.07, 6.45) is 1.79. The van der Waals surface area contributed by atoms with Crippen molar-refractivity contribution >= 4 is 23.1 Å². The fraction of sp³-hybridized carbons (Fsp3) is 0.278. The first-order valence-electron chi connectivity index (χ1n) is 8.00. The Bertz CT molecular complexity index is 888. The van der Waals surface area contributed by atoms with Crippen molar-refractivity contribution in [2.24, 2.45) is 0 Å². The summed E-state index contributed by atoms with van der Waals surface area (Å²) < 4.78 is 5.18. The van der Waals surface area contributed by atoms with E-state index in [4.69, 9.17) is 4.74 Å². The third kappa shape index (κ3) is 4.70. The summed E-state index contributed by atoms with van der Waals surface area (Å²) in [5.41, 5.74) is 2.78. The number of nitrogens with zero attached hydrogens (tertiary/aromatic N) is 2. The standard InChI is InChI=1S/C18H19N3O2S2/c1-3-4-13-9-16(22)21-18(20-13)25-11-14-10-24-17(19-14)12-5-7-15(23-2)8-6-12/h5-10H,3-4,11H2,1-2H3,(H,20,21,22). The largest absolute Gasteiger partial charge is 0.497 e. The molecule has 0 aliphatic carbocycles. The average molecular weight is 374 g/mol. The summed E-state index contributed by atoms with van der Waals surface area (Å²) in [6, 6.07) is 9.43. The highest BCUT2D eigenvalue weighted by Crippen LogP contribution is 2.28. The summed E-state index contributed by atoms with van der Waals surface area (Å²) in [5, 5.41) is 3.66. The number of benzene rings is 1. The van der Waals surface area contributed by atoms with Gasteiger partial charge in [0.25, 0.3) is 5.56 Å². The number of aromatic nitrogens is 3. The highest BCUT2D eigenvalue weighted by molar-refractivity contribution is 7.98. The summed E-state index contributed by atoms with van der Waals surface area (Å²) >= 11 is 3.11. The van der Waals surface area contributed by atoms with Crippen LogP contribution in [0.4, 0.5) is 0 Å². The molecule has 0 amide bonds. The molecule has 0 spiro atoms. The molecule has 0 aliphatic rings. The highest BCUT2D eigenvalue weighted by Gasteiger charge is 2.07. The number of ether oxygens (including phenoxy) is 1. The molecule has 2 heterocycles. The Kier molecular flexibility index (Phi) is 5.88. The van der Waals surface area contributed by atoms with E-state index in [9.17, 15) is 4.79 Å². The molecule has 0 saturated carbocycles.